The van der Waals surface area contributed by atoms with Crippen molar-refractivity contribution in [1.29, 1.82) is 0 Å². The fourth-order valence-electron chi connectivity index (χ4n) is 3.74. The molecule has 3 amide bonds. The summed E-state index contributed by atoms with van der Waals surface area (Å²) in [7, 11) is 5.32. The molecule has 5 N–H and O–H groups in total. The predicted octanol–water partition coefficient (Wildman–Crippen LogP) is 4.51. The van der Waals surface area contributed by atoms with E-state index in [0.29, 0.717) is 34.6 Å². The lowest BCUT2D eigenvalue weighted by atomic mass is 10.00. The highest BCUT2D eigenvalue weighted by atomic mass is 16.5. The van der Waals surface area contributed by atoms with Crippen molar-refractivity contribution >= 4 is 35.0 Å². The fourth-order valence-corrected chi connectivity index (χ4v) is 3.74. The Labute approximate surface area is 217 Å². The van der Waals surface area contributed by atoms with Crippen LogP contribution in [0, 0.1) is 0 Å². The minimum Gasteiger partial charge on any atom is -0.465 e. The summed E-state index contributed by atoms with van der Waals surface area (Å²) in [5.41, 5.74) is 9.27. The molecule has 3 aromatic carbocycles. The Bertz CT molecular complexity index is 1210. The Morgan fingerprint density at radius 1 is 0.892 bits per heavy atom. The number of amides is 3. The first-order valence-electron chi connectivity index (χ1n) is 11.9. The number of carbonyl (C=O) groups is 3. The van der Waals surface area contributed by atoms with Gasteiger partial charge in [0.15, 0.2) is 0 Å². The van der Waals surface area contributed by atoms with Crippen molar-refractivity contribution in [2.24, 2.45) is 0 Å². The van der Waals surface area contributed by atoms with E-state index < -0.39 is 5.97 Å². The number of nitrogens with one attached hydrogen (secondary N) is 3. The number of urea groups is 1. The number of benzene rings is 3. The first-order valence-corrected chi connectivity index (χ1v) is 11.9. The second-order valence-corrected chi connectivity index (χ2v) is 8.83. The maximum absolute atomic E-state index is 12.8. The molecule has 9 heteroatoms. The van der Waals surface area contributed by atoms with E-state index in [-0.39, 0.29) is 18.0 Å². The smallest absolute Gasteiger partial charge is 0.337 e. The van der Waals surface area contributed by atoms with Crippen molar-refractivity contribution in [2.75, 3.05) is 44.1 Å². The highest BCUT2D eigenvalue weighted by Gasteiger charge is 2.17. The van der Waals surface area contributed by atoms with Gasteiger partial charge in [0.1, 0.15) is 0 Å². The maximum atomic E-state index is 12.8. The van der Waals surface area contributed by atoms with Gasteiger partial charge in [0.05, 0.1) is 30.1 Å². The normalized spacial score (nSPS) is 11.5. The van der Waals surface area contributed by atoms with Gasteiger partial charge in [-0.05, 0) is 87.6 Å². The number of nitrogen functional groups attached to an aromatic ring is 1. The molecule has 37 heavy (non-hydrogen) atoms. The summed E-state index contributed by atoms with van der Waals surface area (Å²) in [6, 6.07) is 20.0. The summed E-state index contributed by atoms with van der Waals surface area (Å²) in [4.78, 5) is 39.2. The second kappa shape index (κ2) is 13.1. The SMILES string of the molecule is COC(=O)c1ccc(NC(=O)NC(CCCN(C)C)c2ccc(C(=O)Nc3ccccc3N)cc2)cc1. The van der Waals surface area contributed by atoms with Crippen molar-refractivity contribution in [1.82, 2.24) is 10.2 Å². The van der Waals surface area contributed by atoms with Crippen molar-refractivity contribution in [3.8, 4) is 0 Å². The van der Waals surface area contributed by atoms with Gasteiger partial charge in [-0.25, -0.2) is 9.59 Å². The molecule has 0 spiro atoms. The van der Waals surface area contributed by atoms with Gasteiger partial charge in [-0.2, -0.15) is 0 Å². The van der Waals surface area contributed by atoms with Crippen LogP contribution in [0.5, 0.6) is 0 Å². The molecule has 0 aromatic heterocycles. The van der Waals surface area contributed by atoms with Gasteiger partial charge in [-0.15, -0.1) is 0 Å². The number of hydrogen-bond donors (Lipinski definition) is 4. The first-order chi connectivity index (χ1) is 17.8. The molecule has 0 saturated carbocycles. The van der Waals surface area contributed by atoms with Crippen LogP contribution in [0.2, 0.25) is 0 Å². The monoisotopic (exact) mass is 503 g/mol. The van der Waals surface area contributed by atoms with Gasteiger partial charge in [0, 0.05) is 11.3 Å². The summed E-state index contributed by atoms with van der Waals surface area (Å²) >= 11 is 0. The van der Waals surface area contributed by atoms with Crippen LogP contribution in [0.1, 0.15) is 45.2 Å². The average molecular weight is 504 g/mol. The molecule has 0 heterocycles. The van der Waals surface area contributed by atoms with E-state index >= 15 is 0 Å². The number of esters is 1. The lowest BCUT2D eigenvalue weighted by Gasteiger charge is -2.21. The van der Waals surface area contributed by atoms with Crippen LogP contribution in [0.15, 0.2) is 72.8 Å². The number of nitrogens with zero attached hydrogens (tertiary/aromatic N) is 1. The van der Waals surface area contributed by atoms with Gasteiger partial charge in [-0.3, -0.25) is 4.79 Å². The molecule has 0 aliphatic rings. The quantitative estimate of drug-likeness (QED) is 0.238. The number of anilines is 3. The molecule has 0 bridgehead atoms. The number of methoxy groups -OCH3 is 1. The third-order valence-corrected chi connectivity index (χ3v) is 5.75. The van der Waals surface area contributed by atoms with Crippen LogP contribution >= 0.6 is 0 Å². The Morgan fingerprint density at radius 2 is 1.54 bits per heavy atom. The zero-order valence-corrected chi connectivity index (χ0v) is 21.3. The zero-order valence-electron chi connectivity index (χ0n) is 21.3. The molecule has 1 unspecified atom stereocenters. The van der Waals surface area contributed by atoms with Crippen LogP contribution in [0.4, 0.5) is 21.9 Å². The molecule has 0 fully saturated rings. The molecule has 0 saturated heterocycles. The Balaban J connectivity index is 1.68. The van der Waals surface area contributed by atoms with E-state index in [2.05, 4.69) is 20.9 Å². The highest BCUT2D eigenvalue weighted by molar-refractivity contribution is 6.05. The maximum Gasteiger partial charge on any atom is 0.337 e. The van der Waals surface area contributed by atoms with Gasteiger partial charge in [0.2, 0.25) is 0 Å². The number of nitrogens with two attached hydrogens (primary N) is 1. The van der Waals surface area contributed by atoms with Crippen molar-refractivity contribution < 1.29 is 19.1 Å². The molecular formula is C28H33N5O4. The highest BCUT2D eigenvalue weighted by Crippen LogP contribution is 2.22. The molecule has 3 aromatic rings. The van der Waals surface area contributed by atoms with Crippen LogP contribution in [-0.2, 0) is 4.74 Å². The Kier molecular flexibility index (Phi) is 9.62. The molecule has 3 rings (SSSR count). The number of rotatable bonds is 10. The summed E-state index contributed by atoms with van der Waals surface area (Å²) in [5.74, 6) is -0.712. The number of hydrogen-bond acceptors (Lipinski definition) is 6. The van der Waals surface area contributed by atoms with Gasteiger partial charge < -0.3 is 31.3 Å². The average Bonchev–Trinajstić information content (AvgIpc) is 2.89. The van der Waals surface area contributed by atoms with E-state index in [1.165, 1.54) is 7.11 Å². The third kappa shape index (κ3) is 8.08. The lowest BCUT2D eigenvalue weighted by Crippen LogP contribution is -2.33. The van der Waals surface area contributed by atoms with Crippen molar-refractivity contribution in [3.63, 3.8) is 0 Å². The molecule has 0 radical (unpaired) electrons. The van der Waals surface area contributed by atoms with E-state index in [0.717, 1.165) is 18.5 Å². The van der Waals surface area contributed by atoms with Crippen LogP contribution in [-0.4, -0.2) is 50.6 Å². The molecule has 0 aliphatic carbocycles. The minimum atomic E-state index is -0.443. The number of para-hydroxylation sites is 2. The standard InChI is InChI=1S/C28H33N5O4/c1-33(2)18-6-9-24(32-28(36)30-22-16-14-21(15-17-22)27(35)37-3)19-10-12-20(13-11-19)26(34)31-25-8-5-4-7-23(25)29/h4-5,7-8,10-17,24H,6,9,18,29H2,1-3H3,(H,31,34)(H2,30,32,36). The summed E-state index contributed by atoms with van der Waals surface area (Å²) in [6.07, 6.45) is 1.57. The van der Waals surface area contributed by atoms with Gasteiger partial charge >= 0.3 is 12.0 Å². The van der Waals surface area contributed by atoms with Crippen molar-refractivity contribution in [2.45, 2.75) is 18.9 Å². The van der Waals surface area contributed by atoms with E-state index in [9.17, 15) is 14.4 Å². The number of ether oxygens (including phenoxy) is 1. The van der Waals surface area contributed by atoms with Crippen LogP contribution in [0.3, 0.4) is 0 Å². The molecule has 0 aliphatic heterocycles. The second-order valence-electron chi connectivity index (χ2n) is 8.83. The van der Waals surface area contributed by atoms with Gasteiger partial charge in [-0.1, -0.05) is 24.3 Å². The third-order valence-electron chi connectivity index (χ3n) is 5.75. The predicted molar refractivity (Wildman–Crippen MR) is 146 cm³/mol. The molecule has 194 valence electrons. The van der Waals surface area contributed by atoms with E-state index in [1.54, 1.807) is 60.7 Å². The van der Waals surface area contributed by atoms with Crippen LogP contribution < -0.4 is 21.7 Å². The number of carbonyl (C=O) groups excluding carboxylic acids is 3. The lowest BCUT2D eigenvalue weighted by molar-refractivity contribution is 0.0600. The first kappa shape index (κ1) is 27.2. The summed E-state index contributed by atoms with van der Waals surface area (Å²) < 4.78 is 4.70. The Morgan fingerprint density at radius 3 is 2.16 bits per heavy atom. The molecule has 1 atom stereocenters. The summed E-state index contributed by atoms with van der Waals surface area (Å²) in [5, 5.41) is 8.64. The fraction of sp³-hybridized carbons (Fsp3) is 0.250. The minimum absolute atomic E-state index is 0.267. The van der Waals surface area contributed by atoms with Gasteiger partial charge in [0.25, 0.3) is 5.91 Å². The zero-order chi connectivity index (χ0) is 26.8. The topological polar surface area (TPSA) is 126 Å². The molecular weight excluding hydrogens is 470 g/mol. The van der Waals surface area contributed by atoms with Crippen LogP contribution in [0.25, 0.3) is 0 Å². The van der Waals surface area contributed by atoms with Crippen molar-refractivity contribution in [3.05, 3.63) is 89.5 Å². The van der Waals surface area contributed by atoms with E-state index in [4.69, 9.17) is 10.5 Å². The Hall–Kier alpha value is -4.37. The summed E-state index contributed by atoms with van der Waals surface area (Å²) in [6.45, 7) is 0.869. The largest absolute Gasteiger partial charge is 0.465 e. The molecule has 9 nitrogen and oxygen atoms in total. The van der Waals surface area contributed by atoms with E-state index in [1.807, 2.05) is 26.2 Å².